The number of hydrogen-bond acceptors (Lipinski definition) is 3. The summed E-state index contributed by atoms with van der Waals surface area (Å²) in [5.41, 5.74) is 11.1. The Labute approximate surface area is 408 Å². The fourth-order valence-corrected chi connectivity index (χ4v) is 9.43. The molecule has 0 aliphatic rings. The molecule has 7 rings (SSSR count). The van der Waals surface area contributed by atoms with Crippen molar-refractivity contribution >= 4 is 19.1 Å². The van der Waals surface area contributed by atoms with Crippen LogP contribution in [0.4, 0.5) is 8.78 Å². The summed E-state index contributed by atoms with van der Waals surface area (Å²) in [5.74, 6) is -2.17. The van der Waals surface area contributed by atoms with Crippen molar-refractivity contribution < 1.29 is 35.0 Å². The van der Waals surface area contributed by atoms with Gasteiger partial charge in [0.15, 0.2) is 0 Å². The second kappa shape index (κ2) is 18.1. The van der Waals surface area contributed by atoms with Crippen molar-refractivity contribution in [3.05, 3.63) is 143 Å². The second-order valence-electron chi connectivity index (χ2n) is 23.4. The maximum atomic E-state index is 15.9. The Morgan fingerprint density at radius 3 is 1.82 bits per heavy atom. The number of fused-ring (bicyclic) bond motifs is 1. The zero-order valence-corrected chi connectivity index (χ0v) is 44.9. The van der Waals surface area contributed by atoms with Crippen LogP contribution in [0.3, 0.4) is 0 Å². The van der Waals surface area contributed by atoms with Crippen LogP contribution in [0.5, 0.6) is 5.75 Å². The maximum Gasteiger partial charge on any atom is 0.272 e. The predicted octanol–water partition coefficient (Wildman–Crippen LogP) is 16.6. The van der Waals surface area contributed by atoms with Crippen molar-refractivity contribution in [1.29, 1.82) is 0 Å². The van der Waals surface area contributed by atoms with Crippen molar-refractivity contribution in [1.82, 2.24) is 14.5 Å². The van der Waals surface area contributed by atoms with Gasteiger partial charge < -0.3 is 5.11 Å². The summed E-state index contributed by atoms with van der Waals surface area (Å²) >= 11 is 0. The number of rotatable bonds is 9. The number of aromatic hydroxyl groups is 1. The van der Waals surface area contributed by atoms with Crippen molar-refractivity contribution in [2.45, 2.75) is 143 Å². The number of alkyl halides is 2. The van der Waals surface area contributed by atoms with E-state index in [1.165, 1.54) is 17.8 Å². The first kappa shape index (κ1) is 50.7. The number of imidazole rings is 1. The minimum absolute atomic E-state index is 0. The van der Waals surface area contributed by atoms with E-state index in [9.17, 15) is 5.11 Å². The first-order valence-electron chi connectivity index (χ1n) is 23.1. The monoisotopic (exact) mass is 1080 g/mol. The molecule has 0 aliphatic heterocycles. The number of phenols is 1. The first-order chi connectivity index (χ1) is 30.0. The Balaban J connectivity index is 0.00000720. The van der Waals surface area contributed by atoms with E-state index in [1.54, 1.807) is 6.07 Å². The van der Waals surface area contributed by atoms with Gasteiger partial charge in [-0.3, -0.25) is 9.55 Å². The van der Waals surface area contributed by atoms with Gasteiger partial charge in [-0.15, -0.1) is 29.3 Å². The van der Waals surface area contributed by atoms with E-state index in [2.05, 4.69) is 191 Å². The summed E-state index contributed by atoms with van der Waals surface area (Å²) in [6.45, 7) is 32.5. The van der Waals surface area contributed by atoms with Gasteiger partial charge in [0.2, 0.25) is 0 Å². The summed E-state index contributed by atoms with van der Waals surface area (Å²) in [6, 6.07) is 39.0. The molecule has 66 heavy (non-hydrogen) atoms. The number of pyridine rings is 1. The van der Waals surface area contributed by atoms with Crippen LogP contribution in [-0.2, 0) is 48.6 Å². The zero-order chi connectivity index (χ0) is 47.7. The van der Waals surface area contributed by atoms with Gasteiger partial charge in [0.25, 0.3) is 5.92 Å². The van der Waals surface area contributed by atoms with Crippen molar-refractivity contribution in [2.75, 3.05) is 0 Å². The first-order valence-corrected chi connectivity index (χ1v) is 26.8. The Hall–Kier alpha value is -4.71. The van der Waals surface area contributed by atoms with Crippen molar-refractivity contribution in [3.63, 3.8) is 0 Å². The third-order valence-electron chi connectivity index (χ3n) is 12.6. The molecular weight excluding hydrogens is 1020 g/mol. The predicted molar refractivity (Wildman–Crippen MR) is 273 cm³/mol. The van der Waals surface area contributed by atoms with Crippen LogP contribution in [0.2, 0.25) is 25.7 Å². The molecule has 0 saturated carbocycles. The number of aromatic nitrogens is 3. The molecule has 0 aliphatic carbocycles. The molecule has 4 nitrogen and oxygen atoms in total. The van der Waals surface area contributed by atoms with Gasteiger partial charge in [0.1, 0.15) is 11.6 Å². The summed E-state index contributed by atoms with van der Waals surface area (Å²) in [5, 5.41) is 12.5. The Bertz CT molecular complexity index is 2880. The molecule has 0 bridgehead atoms. The topological polar surface area (TPSA) is 50.9 Å². The van der Waals surface area contributed by atoms with Gasteiger partial charge in [-0.25, -0.2) is 13.8 Å². The van der Waals surface area contributed by atoms with E-state index in [-0.39, 0.29) is 60.5 Å². The largest absolute Gasteiger partial charge is 0.507 e. The minimum Gasteiger partial charge on any atom is -0.507 e. The van der Waals surface area contributed by atoms with Crippen LogP contribution in [0.1, 0.15) is 117 Å². The summed E-state index contributed by atoms with van der Waals surface area (Å²) in [7, 11) is -1.70. The molecule has 5 aromatic carbocycles. The fourth-order valence-electron chi connectivity index (χ4n) is 8.36. The molecule has 2 aromatic heterocycles. The molecule has 1 N–H and O–H groups in total. The van der Waals surface area contributed by atoms with E-state index < -0.39 is 14.0 Å². The average molecular weight is 1080 g/mol. The van der Waals surface area contributed by atoms with E-state index in [0.29, 0.717) is 28.7 Å². The van der Waals surface area contributed by atoms with Crippen LogP contribution in [0.25, 0.3) is 61.6 Å². The number of halogens is 2. The zero-order valence-electron chi connectivity index (χ0n) is 41.7. The number of phenolic OH excluding ortho intramolecular Hbond substituents is 1. The standard InChI is InChI=1S/C58H68F2N3OSi.Pt/c1-54(2,3)40-24-25-49(45(33-40)37-20-17-16-18-21-37)63-50-23-19-22-44(51(50)62-53(63)46-34-43(56(7,8)9)35-47(52(46)64)57(10,11)12)38-30-39(32-42(31-38)55(4,5)6)48-36-41(26-28-61-48)58(59,60)27-29-65(13,14)15;/h16-26,28,31-36,64H,27,29H2,1-15H3;/q-1;. The smallest absolute Gasteiger partial charge is 0.272 e. The molecule has 0 saturated heterocycles. The van der Waals surface area contributed by atoms with Crippen LogP contribution >= 0.6 is 0 Å². The van der Waals surface area contributed by atoms with Crippen LogP contribution in [-0.4, -0.2) is 27.7 Å². The van der Waals surface area contributed by atoms with Gasteiger partial charge in [-0.1, -0.05) is 181 Å². The third-order valence-corrected chi connectivity index (χ3v) is 14.3. The molecule has 0 radical (unpaired) electrons. The number of nitrogens with zero attached hydrogens (tertiary/aromatic N) is 3. The van der Waals surface area contributed by atoms with Gasteiger partial charge in [-0.2, -0.15) is 0 Å². The van der Waals surface area contributed by atoms with Crippen LogP contribution in [0.15, 0.2) is 109 Å². The van der Waals surface area contributed by atoms with E-state index in [4.69, 9.17) is 4.98 Å². The van der Waals surface area contributed by atoms with Gasteiger partial charge in [0.05, 0.1) is 22.3 Å². The Morgan fingerprint density at radius 1 is 0.606 bits per heavy atom. The number of benzene rings is 5. The molecule has 0 unspecified atom stereocenters. The van der Waals surface area contributed by atoms with Gasteiger partial charge in [0, 0.05) is 64.1 Å². The molecule has 0 spiro atoms. The fraction of sp³-hybridized carbons (Fsp3) is 0.379. The second-order valence-corrected chi connectivity index (χ2v) is 29.0. The summed E-state index contributed by atoms with van der Waals surface area (Å²) in [4.78, 5) is 10.3. The molecule has 0 fully saturated rings. The van der Waals surface area contributed by atoms with E-state index >= 15 is 8.78 Å². The Morgan fingerprint density at radius 2 is 1.21 bits per heavy atom. The molecule has 0 atom stereocenters. The third kappa shape index (κ3) is 10.7. The SMILES string of the molecule is CC(C)(C)c1cc(-c2cc(C(F)(F)CC[Si](C)(C)C)ccn2)[c-]c(-c2cccc3c2nc(-c2cc(C(C)(C)C)cc(C(C)(C)C)c2O)n3-c2ccc(C(C)(C)C)cc2-c2ccccc2)c1.[Pt]. The molecular formula is C58H68F2N3OPtSi-. The normalized spacial score (nSPS) is 13.0. The average Bonchev–Trinajstić information content (AvgIpc) is 3.61. The summed E-state index contributed by atoms with van der Waals surface area (Å²) < 4.78 is 34.0. The van der Waals surface area contributed by atoms with Crippen LogP contribution in [0, 0.1) is 6.07 Å². The maximum absolute atomic E-state index is 15.9. The number of para-hydroxylation sites is 1. The molecule has 2 heterocycles. The van der Waals surface area contributed by atoms with Gasteiger partial charge in [-0.05, 0) is 68.7 Å². The van der Waals surface area contributed by atoms with E-state index in [1.807, 2.05) is 18.2 Å². The van der Waals surface area contributed by atoms with Crippen molar-refractivity contribution in [3.8, 4) is 56.3 Å². The van der Waals surface area contributed by atoms with Crippen LogP contribution < -0.4 is 0 Å². The molecule has 7 aromatic rings. The Kier molecular flexibility index (Phi) is 13.9. The molecule has 0 amide bonds. The minimum atomic E-state index is -2.98. The van der Waals surface area contributed by atoms with E-state index in [0.717, 1.165) is 55.7 Å². The van der Waals surface area contributed by atoms with Gasteiger partial charge >= 0.3 is 0 Å². The number of hydrogen-bond donors (Lipinski definition) is 1. The quantitative estimate of drug-likeness (QED) is 0.116. The summed E-state index contributed by atoms with van der Waals surface area (Å²) in [6.07, 6.45) is 1.31. The molecule has 8 heteroatoms. The molecule has 350 valence electrons. The van der Waals surface area contributed by atoms with Crippen molar-refractivity contribution in [2.24, 2.45) is 0 Å².